The molecule has 2 heterocycles. The van der Waals surface area contributed by atoms with Crippen molar-refractivity contribution in [1.82, 2.24) is 9.80 Å². The summed E-state index contributed by atoms with van der Waals surface area (Å²) in [7, 11) is 0. The minimum atomic E-state index is -4.46. The second kappa shape index (κ2) is 9.17. The van der Waals surface area contributed by atoms with Gasteiger partial charge in [0.1, 0.15) is 0 Å². The molecule has 3 rings (SSSR count). The Bertz CT molecular complexity index is 1050. The van der Waals surface area contributed by atoms with E-state index in [0.717, 1.165) is 17.7 Å². The Morgan fingerprint density at radius 1 is 0.909 bits per heavy atom. The van der Waals surface area contributed by atoms with Crippen LogP contribution in [0.4, 0.5) is 18.2 Å². The van der Waals surface area contributed by atoms with Crippen molar-refractivity contribution in [3.63, 3.8) is 0 Å². The van der Waals surface area contributed by atoms with Gasteiger partial charge in [0.15, 0.2) is 0 Å². The summed E-state index contributed by atoms with van der Waals surface area (Å²) in [5.41, 5.74) is -0.426. The fraction of sp³-hybridized carbons (Fsp3) is 0.435. The highest BCUT2D eigenvalue weighted by Crippen LogP contribution is 2.31. The minimum absolute atomic E-state index is 0.141. The minimum Gasteiger partial charge on any atom is -0.335 e. The van der Waals surface area contributed by atoms with Gasteiger partial charge in [0, 0.05) is 37.2 Å². The molecule has 10 heteroatoms. The number of nitrogens with one attached hydrogen (secondary N) is 1. The maximum absolute atomic E-state index is 13.0. The number of hydrogen-bond acceptors (Lipinski definition) is 4. The molecular weight excluding hydrogens is 455 g/mol. The van der Waals surface area contributed by atoms with E-state index in [0.29, 0.717) is 23.0 Å². The lowest BCUT2D eigenvalue weighted by Crippen LogP contribution is -2.50. The molecule has 0 spiro atoms. The molecule has 2 aromatic rings. The number of alkyl halides is 3. The highest BCUT2D eigenvalue weighted by atomic mass is 32.1. The maximum atomic E-state index is 13.0. The van der Waals surface area contributed by atoms with E-state index in [1.807, 2.05) is 0 Å². The largest absolute Gasteiger partial charge is 0.416 e. The SMILES string of the molecule is Cc1cc(NC(=O)C(C)(C)C)sc1C(=O)N1CCN(C(=O)c2ccc(C(F)(F)F)cc2)CC1. The number of hydrogen-bond donors (Lipinski definition) is 1. The van der Waals surface area contributed by atoms with Crippen LogP contribution in [0, 0.1) is 12.3 Å². The molecule has 0 atom stereocenters. The van der Waals surface area contributed by atoms with Crippen LogP contribution >= 0.6 is 11.3 Å². The Balaban J connectivity index is 1.61. The van der Waals surface area contributed by atoms with E-state index in [9.17, 15) is 27.6 Å². The van der Waals surface area contributed by atoms with Gasteiger partial charge in [0.2, 0.25) is 5.91 Å². The lowest BCUT2D eigenvalue weighted by Gasteiger charge is -2.34. The number of aryl methyl sites for hydroxylation is 1. The fourth-order valence-corrected chi connectivity index (χ4v) is 4.33. The van der Waals surface area contributed by atoms with E-state index in [-0.39, 0.29) is 36.4 Å². The first-order valence-electron chi connectivity index (χ1n) is 10.4. The third-order valence-electron chi connectivity index (χ3n) is 5.34. The van der Waals surface area contributed by atoms with Crippen LogP contribution < -0.4 is 5.32 Å². The molecule has 0 aliphatic carbocycles. The lowest BCUT2D eigenvalue weighted by atomic mass is 9.96. The molecule has 1 N–H and O–H groups in total. The fourth-order valence-electron chi connectivity index (χ4n) is 3.30. The molecule has 33 heavy (non-hydrogen) atoms. The van der Waals surface area contributed by atoms with Gasteiger partial charge in [-0.25, -0.2) is 0 Å². The Morgan fingerprint density at radius 3 is 1.91 bits per heavy atom. The van der Waals surface area contributed by atoms with E-state index in [1.165, 1.54) is 28.4 Å². The van der Waals surface area contributed by atoms with Crippen molar-refractivity contribution in [3.8, 4) is 0 Å². The number of halogens is 3. The quantitative estimate of drug-likeness (QED) is 0.694. The zero-order chi connectivity index (χ0) is 24.6. The van der Waals surface area contributed by atoms with Gasteiger partial charge >= 0.3 is 6.18 Å². The third kappa shape index (κ3) is 5.73. The zero-order valence-electron chi connectivity index (χ0n) is 18.9. The number of thiophene rings is 1. The van der Waals surface area contributed by atoms with E-state index in [2.05, 4.69) is 5.32 Å². The van der Waals surface area contributed by atoms with Crippen LogP contribution in [0.2, 0.25) is 0 Å². The van der Waals surface area contributed by atoms with Gasteiger partial charge in [-0.3, -0.25) is 14.4 Å². The van der Waals surface area contributed by atoms with Crippen molar-refractivity contribution in [1.29, 1.82) is 0 Å². The van der Waals surface area contributed by atoms with Crippen LogP contribution in [0.25, 0.3) is 0 Å². The van der Waals surface area contributed by atoms with Gasteiger partial charge in [-0.05, 0) is 42.8 Å². The Labute approximate surface area is 194 Å². The average molecular weight is 482 g/mol. The summed E-state index contributed by atoms with van der Waals surface area (Å²) in [6.07, 6.45) is -4.46. The number of benzene rings is 1. The molecule has 1 fully saturated rings. The van der Waals surface area contributed by atoms with Gasteiger partial charge in [-0.2, -0.15) is 13.2 Å². The Kier molecular flexibility index (Phi) is 6.88. The summed E-state index contributed by atoms with van der Waals surface area (Å²) in [6.45, 7) is 8.41. The molecule has 1 aliphatic heterocycles. The average Bonchev–Trinajstić information content (AvgIpc) is 3.11. The molecule has 0 bridgehead atoms. The molecule has 3 amide bonds. The van der Waals surface area contributed by atoms with Gasteiger partial charge in [0.05, 0.1) is 15.4 Å². The van der Waals surface area contributed by atoms with Gasteiger partial charge in [-0.1, -0.05) is 20.8 Å². The number of piperazine rings is 1. The van der Waals surface area contributed by atoms with Gasteiger partial charge in [-0.15, -0.1) is 11.3 Å². The van der Waals surface area contributed by atoms with E-state index in [1.54, 1.807) is 38.7 Å². The molecule has 1 aromatic carbocycles. The predicted octanol–water partition coefficient (Wildman–Crippen LogP) is 4.66. The van der Waals surface area contributed by atoms with Crippen molar-refractivity contribution in [2.45, 2.75) is 33.9 Å². The van der Waals surface area contributed by atoms with Crippen molar-refractivity contribution >= 4 is 34.1 Å². The first-order chi connectivity index (χ1) is 15.3. The van der Waals surface area contributed by atoms with Crippen molar-refractivity contribution in [2.75, 3.05) is 31.5 Å². The van der Waals surface area contributed by atoms with Crippen LogP contribution in [0.15, 0.2) is 30.3 Å². The third-order valence-corrected chi connectivity index (χ3v) is 6.48. The topological polar surface area (TPSA) is 69.7 Å². The molecule has 0 saturated carbocycles. The van der Waals surface area contributed by atoms with Crippen LogP contribution in [0.1, 0.15) is 51.9 Å². The Hall–Kier alpha value is -2.88. The predicted molar refractivity (Wildman–Crippen MR) is 120 cm³/mol. The number of amides is 3. The number of rotatable bonds is 3. The summed E-state index contributed by atoms with van der Waals surface area (Å²) in [4.78, 5) is 41.6. The molecule has 1 saturated heterocycles. The summed E-state index contributed by atoms with van der Waals surface area (Å²) in [5, 5.41) is 3.44. The van der Waals surface area contributed by atoms with Crippen LogP contribution in [0.3, 0.4) is 0 Å². The highest BCUT2D eigenvalue weighted by Gasteiger charge is 2.31. The number of anilines is 1. The summed E-state index contributed by atoms with van der Waals surface area (Å²) >= 11 is 1.22. The molecule has 1 aliphatic rings. The molecule has 178 valence electrons. The van der Waals surface area contributed by atoms with Crippen molar-refractivity contribution in [2.24, 2.45) is 5.41 Å². The van der Waals surface area contributed by atoms with E-state index >= 15 is 0 Å². The number of nitrogens with zero attached hydrogens (tertiary/aromatic N) is 2. The second-order valence-electron chi connectivity index (χ2n) is 8.99. The number of carbonyl (C=O) groups is 3. The first-order valence-corrected chi connectivity index (χ1v) is 11.3. The van der Waals surface area contributed by atoms with Crippen molar-refractivity contribution < 1.29 is 27.6 Å². The van der Waals surface area contributed by atoms with Gasteiger partial charge in [0.25, 0.3) is 11.8 Å². The van der Waals surface area contributed by atoms with Crippen molar-refractivity contribution in [3.05, 3.63) is 51.9 Å². The molecule has 6 nitrogen and oxygen atoms in total. The molecule has 0 unspecified atom stereocenters. The summed E-state index contributed by atoms with van der Waals surface area (Å²) in [6, 6.07) is 5.90. The molecular formula is C23H26F3N3O3S. The summed E-state index contributed by atoms with van der Waals surface area (Å²) in [5.74, 6) is -0.677. The van der Waals surface area contributed by atoms with E-state index < -0.39 is 17.2 Å². The zero-order valence-corrected chi connectivity index (χ0v) is 19.7. The highest BCUT2D eigenvalue weighted by molar-refractivity contribution is 7.18. The van der Waals surface area contributed by atoms with Crippen LogP contribution in [-0.2, 0) is 11.0 Å². The smallest absolute Gasteiger partial charge is 0.335 e. The standard InChI is InChI=1S/C23H26F3N3O3S/c1-14-13-17(27-21(32)22(2,3)4)33-18(14)20(31)29-11-9-28(10-12-29)19(30)15-5-7-16(8-6-15)23(24,25)26/h5-8,13H,9-12H2,1-4H3,(H,27,32). The lowest BCUT2D eigenvalue weighted by molar-refractivity contribution is -0.137. The van der Waals surface area contributed by atoms with Crippen LogP contribution in [-0.4, -0.2) is 53.7 Å². The summed E-state index contributed by atoms with van der Waals surface area (Å²) < 4.78 is 38.2. The normalized spacial score (nSPS) is 14.9. The van der Waals surface area contributed by atoms with Gasteiger partial charge < -0.3 is 15.1 Å². The second-order valence-corrected chi connectivity index (χ2v) is 10.0. The van der Waals surface area contributed by atoms with Crippen LogP contribution in [0.5, 0.6) is 0 Å². The Morgan fingerprint density at radius 2 is 1.42 bits per heavy atom. The maximum Gasteiger partial charge on any atom is 0.416 e. The number of carbonyl (C=O) groups excluding carboxylic acids is 3. The molecule has 1 aromatic heterocycles. The first kappa shape index (κ1) is 24.8. The molecule has 0 radical (unpaired) electrons. The monoisotopic (exact) mass is 481 g/mol. The van der Waals surface area contributed by atoms with E-state index in [4.69, 9.17) is 0 Å².